The Morgan fingerprint density at radius 3 is 2.75 bits per heavy atom. The Kier molecular flexibility index (Phi) is 2.05. The highest BCUT2D eigenvalue weighted by molar-refractivity contribution is 7.15. The molecule has 1 aromatic rings. The van der Waals surface area contributed by atoms with Crippen LogP contribution in [0.25, 0.3) is 0 Å². The fourth-order valence-corrected chi connectivity index (χ4v) is 2.38. The van der Waals surface area contributed by atoms with Crippen LogP contribution in [0.3, 0.4) is 0 Å². The standard InChI is InChI=1S/C9H14N2S/c1-2-7-11-8(9(10)12-7)6-4-3-5-6/h6H,2-5,10H2,1H3. The highest BCUT2D eigenvalue weighted by Gasteiger charge is 2.24. The minimum absolute atomic E-state index is 0.682. The van der Waals surface area contributed by atoms with Gasteiger partial charge in [-0.1, -0.05) is 13.3 Å². The number of nitrogens with zero attached hydrogens (tertiary/aromatic N) is 1. The normalized spacial score (nSPS) is 17.8. The largest absolute Gasteiger partial charge is 0.389 e. The first kappa shape index (κ1) is 8.05. The third kappa shape index (κ3) is 1.22. The zero-order valence-corrected chi connectivity index (χ0v) is 8.16. The molecule has 1 saturated carbocycles. The molecule has 1 aliphatic rings. The third-order valence-electron chi connectivity index (χ3n) is 2.52. The number of thiazole rings is 1. The molecule has 0 unspecified atom stereocenters. The average molecular weight is 182 g/mol. The van der Waals surface area contributed by atoms with Gasteiger partial charge >= 0.3 is 0 Å². The fraction of sp³-hybridized carbons (Fsp3) is 0.667. The Morgan fingerprint density at radius 1 is 1.58 bits per heavy atom. The van der Waals surface area contributed by atoms with Crippen LogP contribution in [0.4, 0.5) is 5.00 Å². The Bertz CT molecular complexity index is 276. The summed E-state index contributed by atoms with van der Waals surface area (Å²) < 4.78 is 0. The molecule has 66 valence electrons. The predicted molar refractivity (Wildman–Crippen MR) is 52.5 cm³/mol. The van der Waals surface area contributed by atoms with E-state index in [9.17, 15) is 0 Å². The molecule has 2 nitrogen and oxygen atoms in total. The zero-order chi connectivity index (χ0) is 8.55. The molecule has 3 heteroatoms. The van der Waals surface area contributed by atoms with Crippen LogP contribution in [-0.4, -0.2) is 4.98 Å². The van der Waals surface area contributed by atoms with Crippen molar-refractivity contribution in [2.45, 2.75) is 38.5 Å². The van der Waals surface area contributed by atoms with Crippen LogP contribution in [-0.2, 0) is 6.42 Å². The number of hydrogen-bond acceptors (Lipinski definition) is 3. The first-order chi connectivity index (χ1) is 5.81. The van der Waals surface area contributed by atoms with Gasteiger partial charge < -0.3 is 5.73 Å². The van der Waals surface area contributed by atoms with Crippen molar-refractivity contribution in [2.75, 3.05) is 5.73 Å². The summed E-state index contributed by atoms with van der Waals surface area (Å²) >= 11 is 1.66. The molecule has 12 heavy (non-hydrogen) atoms. The van der Waals surface area contributed by atoms with Gasteiger partial charge in [0.2, 0.25) is 0 Å². The van der Waals surface area contributed by atoms with Crippen LogP contribution in [0.2, 0.25) is 0 Å². The van der Waals surface area contributed by atoms with E-state index in [1.807, 2.05) is 0 Å². The number of rotatable bonds is 2. The van der Waals surface area contributed by atoms with Crippen LogP contribution in [0.15, 0.2) is 0 Å². The molecule has 0 amide bonds. The lowest BCUT2D eigenvalue weighted by Crippen LogP contribution is -2.10. The molecule has 0 atom stereocenters. The topological polar surface area (TPSA) is 38.9 Å². The minimum atomic E-state index is 0.682. The first-order valence-corrected chi connectivity index (χ1v) is 5.38. The fourth-order valence-electron chi connectivity index (χ4n) is 1.52. The summed E-state index contributed by atoms with van der Waals surface area (Å²) in [5, 5.41) is 2.14. The van der Waals surface area contributed by atoms with E-state index in [0.29, 0.717) is 5.92 Å². The molecule has 1 aliphatic carbocycles. The molecule has 2 rings (SSSR count). The molecular weight excluding hydrogens is 168 g/mol. The van der Waals surface area contributed by atoms with E-state index in [1.165, 1.54) is 30.0 Å². The van der Waals surface area contributed by atoms with E-state index in [2.05, 4.69) is 11.9 Å². The number of aryl methyl sites for hydroxylation is 1. The van der Waals surface area contributed by atoms with E-state index in [4.69, 9.17) is 5.73 Å². The van der Waals surface area contributed by atoms with Crippen LogP contribution >= 0.6 is 11.3 Å². The molecule has 0 spiro atoms. The van der Waals surface area contributed by atoms with E-state index in [0.717, 1.165) is 11.4 Å². The predicted octanol–water partition coefficient (Wildman–Crippen LogP) is 2.56. The Hall–Kier alpha value is -0.570. The summed E-state index contributed by atoms with van der Waals surface area (Å²) in [6.07, 6.45) is 4.94. The number of hydrogen-bond donors (Lipinski definition) is 1. The van der Waals surface area contributed by atoms with Gasteiger partial charge in [0, 0.05) is 5.92 Å². The van der Waals surface area contributed by atoms with Crippen LogP contribution in [0.5, 0.6) is 0 Å². The van der Waals surface area contributed by atoms with Crippen molar-refractivity contribution in [1.29, 1.82) is 0 Å². The summed E-state index contributed by atoms with van der Waals surface area (Å²) in [5.74, 6) is 0.682. The van der Waals surface area contributed by atoms with Crippen LogP contribution in [0.1, 0.15) is 42.8 Å². The van der Waals surface area contributed by atoms with E-state index in [1.54, 1.807) is 11.3 Å². The maximum absolute atomic E-state index is 5.88. The molecule has 0 aromatic carbocycles. The summed E-state index contributed by atoms with van der Waals surface area (Å²) in [4.78, 5) is 4.54. The second-order valence-electron chi connectivity index (χ2n) is 3.34. The Balaban J connectivity index is 2.23. The molecule has 2 N–H and O–H groups in total. The van der Waals surface area contributed by atoms with Crippen molar-refractivity contribution in [3.63, 3.8) is 0 Å². The van der Waals surface area contributed by atoms with Crippen molar-refractivity contribution in [3.05, 3.63) is 10.7 Å². The van der Waals surface area contributed by atoms with Gasteiger partial charge in [-0.15, -0.1) is 11.3 Å². The van der Waals surface area contributed by atoms with Gasteiger partial charge in [-0.3, -0.25) is 0 Å². The molecule has 0 radical (unpaired) electrons. The van der Waals surface area contributed by atoms with E-state index >= 15 is 0 Å². The third-order valence-corrected chi connectivity index (χ3v) is 3.56. The molecule has 0 bridgehead atoms. The smallest absolute Gasteiger partial charge is 0.110 e. The van der Waals surface area contributed by atoms with Gasteiger partial charge in [-0.05, 0) is 19.3 Å². The molecule has 1 heterocycles. The Morgan fingerprint density at radius 2 is 2.33 bits per heavy atom. The van der Waals surface area contributed by atoms with Gasteiger partial charge in [-0.2, -0.15) is 0 Å². The highest BCUT2D eigenvalue weighted by atomic mass is 32.1. The van der Waals surface area contributed by atoms with Crippen molar-refractivity contribution in [2.24, 2.45) is 0 Å². The van der Waals surface area contributed by atoms with Gasteiger partial charge in [0.15, 0.2) is 0 Å². The molecular formula is C9H14N2S. The minimum Gasteiger partial charge on any atom is -0.389 e. The molecule has 1 fully saturated rings. The first-order valence-electron chi connectivity index (χ1n) is 4.56. The lowest BCUT2D eigenvalue weighted by atomic mass is 9.83. The number of nitrogen functional groups attached to an aromatic ring is 1. The van der Waals surface area contributed by atoms with E-state index < -0.39 is 0 Å². The van der Waals surface area contributed by atoms with Crippen LogP contribution < -0.4 is 5.73 Å². The van der Waals surface area contributed by atoms with Gasteiger partial charge in [0.1, 0.15) is 5.00 Å². The summed E-state index contributed by atoms with van der Waals surface area (Å²) in [6, 6.07) is 0. The van der Waals surface area contributed by atoms with Gasteiger partial charge in [0.05, 0.1) is 10.7 Å². The summed E-state index contributed by atoms with van der Waals surface area (Å²) in [6.45, 7) is 2.13. The maximum atomic E-state index is 5.88. The van der Waals surface area contributed by atoms with Crippen molar-refractivity contribution >= 4 is 16.3 Å². The summed E-state index contributed by atoms with van der Waals surface area (Å²) in [7, 11) is 0. The van der Waals surface area contributed by atoms with Crippen molar-refractivity contribution < 1.29 is 0 Å². The van der Waals surface area contributed by atoms with Crippen molar-refractivity contribution in [3.8, 4) is 0 Å². The monoisotopic (exact) mass is 182 g/mol. The lowest BCUT2D eigenvalue weighted by Gasteiger charge is -2.23. The van der Waals surface area contributed by atoms with Gasteiger partial charge in [-0.25, -0.2) is 4.98 Å². The average Bonchev–Trinajstić information content (AvgIpc) is 2.29. The lowest BCUT2D eigenvalue weighted by molar-refractivity contribution is 0.413. The molecule has 0 aliphatic heterocycles. The maximum Gasteiger partial charge on any atom is 0.110 e. The molecule has 1 aromatic heterocycles. The Labute approximate surface area is 76.8 Å². The van der Waals surface area contributed by atoms with Crippen molar-refractivity contribution in [1.82, 2.24) is 4.98 Å². The highest BCUT2D eigenvalue weighted by Crippen LogP contribution is 2.40. The number of aromatic nitrogens is 1. The SMILES string of the molecule is CCc1nc(C2CCC2)c(N)s1. The number of nitrogens with two attached hydrogens (primary N) is 1. The van der Waals surface area contributed by atoms with E-state index in [-0.39, 0.29) is 0 Å². The summed E-state index contributed by atoms with van der Waals surface area (Å²) in [5.41, 5.74) is 7.07. The van der Waals surface area contributed by atoms with Crippen LogP contribution in [0, 0.1) is 0 Å². The van der Waals surface area contributed by atoms with Gasteiger partial charge in [0.25, 0.3) is 0 Å². The molecule has 0 saturated heterocycles. The number of anilines is 1. The second-order valence-corrected chi connectivity index (χ2v) is 4.45. The quantitative estimate of drug-likeness (QED) is 0.763. The zero-order valence-electron chi connectivity index (χ0n) is 7.34. The second kappa shape index (κ2) is 3.05.